The minimum atomic E-state index is -3.17. The van der Waals surface area contributed by atoms with Gasteiger partial charge in [0, 0.05) is 12.3 Å². The number of hydrogen-bond donors (Lipinski definition) is 1. The molecule has 0 bridgehead atoms. The Bertz CT molecular complexity index is 679. The van der Waals surface area contributed by atoms with Gasteiger partial charge in [-0.3, -0.25) is 0 Å². The smallest absolute Gasteiger partial charge is 0.175 e. The third kappa shape index (κ3) is 3.82. The molecule has 1 atom stereocenters. The molecule has 0 radical (unpaired) electrons. The number of nitrogens with two attached hydrogens (primary N) is 1. The molecule has 2 N–H and O–H groups in total. The van der Waals surface area contributed by atoms with Gasteiger partial charge in [-0.2, -0.15) is 0 Å². The Morgan fingerprint density at radius 3 is 2.10 bits per heavy atom. The van der Waals surface area contributed by atoms with Crippen molar-refractivity contribution in [2.75, 3.05) is 6.26 Å². The van der Waals surface area contributed by atoms with E-state index < -0.39 is 9.84 Å². The SMILES string of the molecule is C[C@@H](N)c1ccc(-c2cccc(S(C)(=O)=O)c2)cc1.Cl. The summed E-state index contributed by atoms with van der Waals surface area (Å²) in [5.41, 5.74) is 8.73. The summed E-state index contributed by atoms with van der Waals surface area (Å²) in [6.45, 7) is 1.93. The molecule has 0 amide bonds. The molecule has 0 aliphatic heterocycles. The lowest BCUT2D eigenvalue weighted by Gasteiger charge is -2.08. The van der Waals surface area contributed by atoms with E-state index in [1.54, 1.807) is 18.2 Å². The summed E-state index contributed by atoms with van der Waals surface area (Å²) in [5.74, 6) is 0. The van der Waals surface area contributed by atoms with Gasteiger partial charge in [-0.05, 0) is 35.7 Å². The highest BCUT2D eigenvalue weighted by Crippen LogP contribution is 2.23. The van der Waals surface area contributed by atoms with E-state index in [-0.39, 0.29) is 18.4 Å². The molecular formula is C15H18ClNO2S. The zero-order chi connectivity index (χ0) is 14.0. The van der Waals surface area contributed by atoms with Crippen molar-refractivity contribution in [3.63, 3.8) is 0 Å². The van der Waals surface area contributed by atoms with Crippen LogP contribution in [0, 0.1) is 0 Å². The van der Waals surface area contributed by atoms with Gasteiger partial charge in [-0.15, -0.1) is 12.4 Å². The maximum absolute atomic E-state index is 11.5. The molecule has 2 aromatic carbocycles. The predicted molar refractivity (Wildman–Crippen MR) is 84.8 cm³/mol. The topological polar surface area (TPSA) is 60.2 Å². The van der Waals surface area contributed by atoms with Crippen molar-refractivity contribution in [2.45, 2.75) is 17.9 Å². The Balaban J connectivity index is 0.00000200. The summed E-state index contributed by atoms with van der Waals surface area (Å²) < 4.78 is 23.1. The maximum Gasteiger partial charge on any atom is 0.175 e. The predicted octanol–water partition coefficient (Wildman–Crippen LogP) is 3.20. The van der Waals surface area contributed by atoms with Gasteiger partial charge < -0.3 is 5.73 Å². The van der Waals surface area contributed by atoms with Crippen molar-refractivity contribution in [1.82, 2.24) is 0 Å². The summed E-state index contributed by atoms with van der Waals surface area (Å²) in [6.07, 6.45) is 1.21. The second kappa shape index (κ2) is 6.39. The largest absolute Gasteiger partial charge is 0.324 e. The second-order valence-electron chi connectivity index (χ2n) is 4.71. The molecule has 0 aromatic heterocycles. The van der Waals surface area contributed by atoms with Crippen LogP contribution in [0.25, 0.3) is 11.1 Å². The molecule has 0 aliphatic carbocycles. The van der Waals surface area contributed by atoms with Crippen LogP contribution in [0.1, 0.15) is 18.5 Å². The fourth-order valence-electron chi connectivity index (χ4n) is 1.89. The van der Waals surface area contributed by atoms with Gasteiger partial charge in [0.25, 0.3) is 0 Å². The van der Waals surface area contributed by atoms with Gasteiger partial charge >= 0.3 is 0 Å². The van der Waals surface area contributed by atoms with E-state index in [9.17, 15) is 8.42 Å². The fraction of sp³-hybridized carbons (Fsp3) is 0.200. The summed E-state index contributed by atoms with van der Waals surface area (Å²) in [7, 11) is -3.17. The van der Waals surface area contributed by atoms with Crippen LogP contribution in [-0.2, 0) is 9.84 Å². The highest BCUT2D eigenvalue weighted by Gasteiger charge is 2.08. The van der Waals surface area contributed by atoms with Crippen molar-refractivity contribution in [2.24, 2.45) is 5.73 Å². The number of sulfone groups is 1. The summed E-state index contributed by atoms with van der Waals surface area (Å²) in [5, 5.41) is 0. The zero-order valence-corrected chi connectivity index (χ0v) is 13.0. The van der Waals surface area contributed by atoms with Crippen molar-refractivity contribution in [3.8, 4) is 11.1 Å². The Morgan fingerprint density at radius 1 is 1.00 bits per heavy atom. The number of halogens is 1. The third-order valence-corrected chi connectivity index (χ3v) is 4.14. The zero-order valence-electron chi connectivity index (χ0n) is 11.4. The lowest BCUT2D eigenvalue weighted by molar-refractivity contribution is 0.602. The van der Waals surface area contributed by atoms with Crippen LogP contribution in [0.5, 0.6) is 0 Å². The molecule has 0 aliphatic rings. The molecule has 5 heteroatoms. The molecule has 0 saturated heterocycles. The maximum atomic E-state index is 11.5. The standard InChI is InChI=1S/C15H17NO2S.ClH/c1-11(16)12-6-8-13(9-7-12)14-4-3-5-15(10-14)19(2,17)18;/h3-11H,16H2,1-2H3;1H/t11-;/m1./s1. The number of hydrogen-bond acceptors (Lipinski definition) is 3. The number of benzene rings is 2. The Kier molecular flexibility index (Phi) is 5.34. The molecule has 2 rings (SSSR count). The molecule has 108 valence electrons. The van der Waals surface area contributed by atoms with Crippen LogP contribution in [-0.4, -0.2) is 14.7 Å². The monoisotopic (exact) mass is 311 g/mol. The van der Waals surface area contributed by atoms with Gasteiger partial charge in [-0.25, -0.2) is 8.42 Å². The van der Waals surface area contributed by atoms with Gasteiger partial charge in [0.1, 0.15) is 0 Å². The van der Waals surface area contributed by atoms with E-state index in [4.69, 9.17) is 5.73 Å². The van der Waals surface area contributed by atoms with Crippen LogP contribution < -0.4 is 5.73 Å². The summed E-state index contributed by atoms with van der Waals surface area (Å²) >= 11 is 0. The molecule has 0 unspecified atom stereocenters. The Labute approximate surface area is 126 Å². The van der Waals surface area contributed by atoms with Gasteiger partial charge in [0.2, 0.25) is 0 Å². The highest BCUT2D eigenvalue weighted by molar-refractivity contribution is 7.90. The third-order valence-electron chi connectivity index (χ3n) is 3.03. The first-order valence-electron chi connectivity index (χ1n) is 6.04. The molecular weight excluding hydrogens is 294 g/mol. The number of rotatable bonds is 3. The molecule has 0 fully saturated rings. The van der Waals surface area contributed by atoms with Crippen molar-refractivity contribution >= 4 is 22.2 Å². The summed E-state index contributed by atoms with van der Waals surface area (Å²) in [6, 6.07) is 14.8. The molecule has 3 nitrogen and oxygen atoms in total. The van der Waals surface area contributed by atoms with E-state index in [0.717, 1.165) is 16.7 Å². The van der Waals surface area contributed by atoms with Crippen LogP contribution in [0.4, 0.5) is 0 Å². The minimum Gasteiger partial charge on any atom is -0.324 e. The van der Waals surface area contributed by atoms with E-state index >= 15 is 0 Å². The average Bonchev–Trinajstić information content (AvgIpc) is 2.38. The molecule has 0 saturated carbocycles. The summed E-state index contributed by atoms with van der Waals surface area (Å²) in [4.78, 5) is 0.335. The van der Waals surface area contributed by atoms with Gasteiger partial charge in [-0.1, -0.05) is 36.4 Å². The van der Waals surface area contributed by atoms with Crippen LogP contribution in [0.15, 0.2) is 53.4 Å². The highest BCUT2D eigenvalue weighted by atomic mass is 35.5. The normalized spacial score (nSPS) is 12.6. The Morgan fingerprint density at radius 2 is 1.60 bits per heavy atom. The van der Waals surface area contributed by atoms with Crippen molar-refractivity contribution in [3.05, 3.63) is 54.1 Å². The average molecular weight is 312 g/mol. The first-order chi connectivity index (χ1) is 8.88. The van der Waals surface area contributed by atoms with E-state index in [0.29, 0.717) is 4.90 Å². The quantitative estimate of drug-likeness (QED) is 0.947. The fourth-order valence-corrected chi connectivity index (χ4v) is 2.55. The minimum absolute atomic E-state index is 0. The van der Waals surface area contributed by atoms with Gasteiger partial charge in [0.15, 0.2) is 9.84 Å². The van der Waals surface area contributed by atoms with Gasteiger partial charge in [0.05, 0.1) is 4.90 Å². The molecule has 0 spiro atoms. The van der Waals surface area contributed by atoms with E-state index in [1.807, 2.05) is 37.3 Å². The first kappa shape index (κ1) is 16.7. The Hall–Kier alpha value is -1.36. The lowest BCUT2D eigenvalue weighted by atomic mass is 10.0. The first-order valence-corrected chi connectivity index (χ1v) is 7.93. The van der Waals surface area contributed by atoms with E-state index in [1.165, 1.54) is 6.26 Å². The van der Waals surface area contributed by atoms with E-state index in [2.05, 4.69) is 0 Å². The molecule has 0 heterocycles. The van der Waals surface area contributed by atoms with Crippen molar-refractivity contribution < 1.29 is 8.42 Å². The molecule has 20 heavy (non-hydrogen) atoms. The molecule has 2 aromatic rings. The van der Waals surface area contributed by atoms with Crippen molar-refractivity contribution in [1.29, 1.82) is 0 Å². The van der Waals surface area contributed by atoms with Crippen LogP contribution in [0.2, 0.25) is 0 Å². The second-order valence-corrected chi connectivity index (χ2v) is 6.73. The van der Waals surface area contributed by atoms with Crippen LogP contribution >= 0.6 is 12.4 Å². The van der Waals surface area contributed by atoms with Crippen LogP contribution in [0.3, 0.4) is 0 Å². The lowest BCUT2D eigenvalue weighted by Crippen LogP contribution is -2.04.